The number of likely N-dealkylation sites (tertiary alicyclic amines) is 1. The number of aryl methyl sites for hydroxylation is 1. The van der Waals surface area contributed by atoms with E-state index in [4.69, 9.17) is 0 Å². The van der Waals surface area contributed by atoms with Crippen molar-refractivity contribution in [2.24, 2.45) is 0 Å². The van der Waals surface area contributed by atoms with Gasteiger partial charge < -0.3 is 4.90 Å². The van der Waals surface area contributed by atoms with Crippen LogP contribution in [-0.4, -0.2) is 33.2 Å². The fourth-order valence-electron chi connectivity index (χ4n) is 2.31. The maximum atomic E-state index is 12.3. The Balaban J connectivity index is 2.17. The number of amides is 1. The summed E-state index contributed by atoms with van der Waals surface area (Å²) in [7, 11) is 0. The molecule has 16 heavy (non-hydrogen) atoms. The molecular weight excluding hydrogens is 202 g/mol. The van der Waals surface area contributed by atoms with Gasteiger partial charge in [-0.25, -0.2) is 0 Å². The van der Waals surface area contributed by atoms with Crippen molar-refractivity contribution in [3.05, 3.63) is 18.0 Å². The average Bonchev–Trinajstić information content (AvgIpc) is 2.77. The molecule has 1 unspecified atom stereocenters. The number of hydrogen-bond acceptors (Lipinski definition) is 2. The van der Waals surface area contributed by atoms with Crippen LogP contribution in [0, 0.1) is 0 Å². The predicted octanol–water partition coefficient (Wildman–Crippen LogP) is 1.92. The van der Waals surface area contributed by atoms with E-state index in [2.05, 4.69) is 12.0 Å². The predicted molar refractivity (Wildman–Crippen MR) is 62.3 cm³/mol. The minimum atomic E-state index is 0.131. The molecule has 0 aromatic carbocycles. The molecule has 1 aromatic heterocycles. The van der Waals surface area contributed by atoms with E-state index in [1.165, 1.54) is 6.42 Å². The van der Waals surface area contributed by atoms with Crippen molar-refractivity contribution in [1.29, 1.82) is 0 Å². The van der Waals surface area contributed by atoms with Crippen molar-refractivity contribution in [2.45, 2.75) is 45.7 Å². The van der Waals surface area contributed by atoms with Crippen LogP contribution in [0.4, 0.5) is 0 Å². The van der Waals surface area contributed by atoms with E-state index in [0.29, 0.717) is 6.04 Å². The second-order valence-corrected chi connectivity index (χ2v) is 4.38. The molecule has 1 aliphatic rings. The van der Waals surface area contributed by atoms with Crippen molar-refractivity contribution >= 4 is 5.91 Å². The highest BCUT2D eigenvalue weighted by Crippen LogP contribution is 2.18. The number of carbonyl (C=O) groups is 1. The van der Waals surface area contributed by atoms with Crippen molar-refractivity contribution in [1.82, 2.24) is 14.7 Å². The van der Waals surface area contributed by atoms with Crippen LogP contribution in [-0.2, 0) is 6.54 Å². The summed E-state index contributed by atoms with van der Waals surface area (Å²) in [4.78, 5) is 14.3. The molecule has 1 aromatic rings. The fraction of sp³-hybridized carbons (Fsp3) is 0.667. The first-order valence-corrected chi connectivity index (χ1v) is 6.06. The van der Waals surface area contributed by atoms with Crippen LogP contribution in [0.25, 0.3) is 0 Å². The van der Waals surface area contributed by atoms with Crippen molar-refractivity contribution < 1.29 is 4.79 Å². The van der Waals surface area contributed by atoms with Gasteiger partial charge in [0.25, 0.3) is 5.91 Å². The van der Waals surface area contributed by atoms with Crippen molar-refractivity contribution in [2.75, 3.05) is 6.54 Å². The number of nitrogens with zero attached hydrogens (tertiary/aromatic N) is 3. The molecule has 1 saturated heterocycles. The lowest BCUT2D eigenvalue weighted by molar-refractivity contribution is 0.0623. The van der Waals surface area contributed by atoms with Gasteiger partial charge >= 0.3 is 0 Å². The van der Waals surface area contributed by atoms with Crippen LogP contribution in [0.3, 0.4) is 0 Å². The van der Waals surface area contributed by atoms with Gasteiger partial charge in [0.1, 0.15) is 5.69 Å². The zero-order valence-corrected chi connectivity index (χ0v) is 10.0. The quantitative estimate of drug-likeness (QED) is 0.765. The summed E-state index contributed by atoms with van der Waals surface area (Å²) >= 11 is 0. The highest BCUT2D eigenvalue weighted by molar-refractivity contribution is 5.92. The highest BCUT2D eigenvalue weighted by atomic mass is 16.2. The summed E-state index contributed by atoms with van der Waals surface area (Å²) in [6, 6.07) is 2.18. The van der Waals surface area contributed by atoms with Crippen LogP contribution in [0.15, 0.2) is 12.3 Å². The molecule has 2 rings (SSSR count). The zero-order valence-electron chi connectivity index (χ0n) is 10.0. The minimum absolute atomic E-state index is 0.131. The van der Waals surface area contributed by atoms with Crippen LogP contribution in [0.2, 0.25) is 0 Å². The molecule has 2 heterocycles. The first-order valence-electron chi connectivity index (χ1n) is 6.06. The number of carbonyl (C=O) groups excluding carboxylic acids is 1. The molecule has 0 spiro atoms. The van der Waals surface area contributed by atoms with E-state index in [1.807, 2.05) is 17.9 Å². The maximum Gasteiger partial charge on any atom is 0.272 e. The van der Waals surface area contributed by atoms with Gasteiger partial charge in [0.05, 0.1) is 0 Å². The van der Waals surface area contributed by atoms with Crippen LogP contribution >= 0.6 is 0 Å². The van der Waals surface area contributed by atoms with E-state index in [0.717, 1.165) is 31.6 Å². The summed E-state index contributed by atoms with van der Waals surface area (Å²) < 4.78 is 1.77. The first-order chi connectivity index (χ1) is 7.74. The second-order valence-electron chi connectivity index (χ2n) is 4.38. The molecule has 4 nitrogen and oxygen atoms in total. The molecule has 0 aliphatic carbocycles. The Labute approximate surface area is 96.2 Å². The van der Waals surface area contributed by atoms with Gasteiger partial charge in [-0.15, -0.1) is 0 Å². The van der Waals surface area contributed by atoms with Gasteiger partial charge in [-0.05, 0) is 39.2 Å². The highest BCUT2D eigenvalue weighted by Gasteiger charge is 2.25. The molecule has 1 fully saturated rings. The van der Waals surface area contributed by atoms with Gasteiger partial charge in [0.2, 0.25) is 0 Å². The summed E-state index contributed by atoms with van der Waals surface area (Å²) in [5.41, 5.74) is 0.719. The maximum absolute atomic E-state index is 12.3. The smallest absolute Gasteiger partial charge is 0.272 e. The number of piperidine rings is 1. The van der Waals surface area contributed by atoms with Gasteiger partial charge in [0.15, 0.2) is 0 Å². The van der Waals surface area contributed by atoms with E-state index in [9.17, 15) is 4.79 Å². The third kappa shape index (κ3) is 1.96. The molecular formula is C12H19N3O. The Morgan fingerprint density at radius 1 is 1.56 bits per heavy atom. The Bertz CT molecular complexity index is 372. The standard InChI is InChI=1S/C12H19N3O/c1-3-15-11(7-8-13-15)12(16)14-9-5-4-6-10(14)2/h7-8,10H,3-6,9H2,1-2H3. The molecule has 0 N–H and O–H groups in total. The summed E-state index contributed by atoms with van der Waals surface area (Å²) in [5.74, 6) is 0.131. The van der Waals surface area contributed by atoms with Crippen LogP contribution in [0.1, 0.15) is 43.6 Å². The summed E-state index contributed by atoms with van der Waals surface area (Å²) in [6.07, 6.45) is 5.17. The molecule has 0 radical (unpaired) electrons. The Kier molecular flexibility index (Phi) is 3.27. The van der Waals surface area contributed by atoms with Gasteiger partial charge in [-0.2, -0.15) is 5.10 Å². The molecule has 4 heteroatoms. The van der Waals surface area contributed by atoms with E-state index in [-0.39, 0.29) is 5.91 Å². The van der Waals surface area contributed by atoms with Gasteiger partial charge in [-0.1, -0.05) is 0 Å². The van der Waals surface area contributed by atoms with Crippen LogP contribution < -0.4 is 0 Å². The normalized spacial score (nSPS) is 21.1. The van der Waals surface area contributed by atoms with Crippen molar-refractivity contribution in [3.8, 4) is 0 Å². The molecule has 1 atom stereocenters. The third-order valence-electron chi connectivity index (χ3n) is 3.30. The zero-order chi connectivity index (χ0) is 11.5. The summed E-state index contributed by atoms with van der Waals surface area (Å²) in [5, 5.41) is 4.14. The van der Waals surface area contributed by atoms with Gasteiger partial charge in [0, 0.05) is 25.3 Å². The van der Waals surface area contributed by atoms with Crippen LogP contribution in [0.5, 0.6) is 0 Å². The van der Waals surface area contributed by atoms with Crippen molar-refractivity contribution in [3.63, 3.8) is 0 Å². The molecule has 1 aliphatic heterocycles. The SMILES string of the molecule is CCn1nccc1C(=O)N1CCCCC1C. The molecule has 1 amide bonds. The number of rotatable bonds is 2. The van der Waals surface area contributed by atoms with E-state index in [1.54, 1.807) is 10.9 Å². The Morgan fingerprint density at radius 3 is 3.06 bits per heavy atom. The largest absolute Gasteiger partial charge is 0.335 e. The minimum Gasteiger partial charge on any atom is -0.335 e. The number of hydrogen-bond donors (Lipinski definition) is 0. The lowest BCUT2D eigenvalue weighted by atomic mass is 10.0. The third-order valence-corrected chi connectivity index (χ3v) is 3.30. The van der Waals surface area contributed by atoms with E-state index >= 15 is 0 Å². The molecule has 88 valence electrons. The number of aromatic nitrogens is 2. The summed E-state index contributed by atoms with van der Waals surface area (Å²) in [6.45, 7) is 5.76. The first kappa shape index (κ1) is 11.2. The lowest BCUT2D eigenvalue weighted by Crippen LogP contribution is -2.42. The van der Waals surface area contributed by atoms with E-state index < -0.39 is 0 Å². The Hall–Kier alpha value is -1.32. The molecule has 0 bridgehead atoms. The van der Waals surface area contributed by atoms with Gasteiger partial charge in [-0.3, -0.25) is 9.48 Å². The fourth-order valence-corrected chi connectivity index (χ4v) is 2.31. The Morgan fingerprint density at radius 2 is 2.38 bits per heavy atom. The topological polar surface area (TPSA) is 38.1 Å². The monoisotopic (exact) mass is 221 g/mol. The lowest BCUT2D eigenvalue weighted by Gasteiger charge is -2.33. The second kappa shape index (κ2) is 4.68. The molecule has 0 saturated carbocycles. The average molecular weight is 221 g/mol.